The van der Waals surface area contributed by atoms with Gasteiger partial charge in [-0.15, -0.1) is 0 Å². The number of nitrogens with zero attached hydrogens (tertiary/aromatic N) is 1. The number of benzene rings is 1. The van der Waals surface area contributed by atoms with Gasteiger partial charge < -0.3 is 15.0 Å². The fraction of sp³-hybridized carbons (Fsp3) is 0.364. The highest BCUT2D eigenvalue weighted by molar-refractivity contribution is 6.42. The number of nitrogens with one attached hydrogen (secondary N) is 1. The van der Waals surface area contributed by atoms with Gasteiger partial charge in [0.05, 0.1) is 23.1 Å². The maximum Gasteiger partial charge on any atom is 0.317 e. The van der Waals surface area contributed by atoms with Crippen LogP contribution in [0.1, 0.15) is 0 Å². The minimum Gasteiger partial charge on any atom is -0.487 e. The van der Waals surface area contributed by atoms with Crippen molar-refractivity contribution in [2.75, 3.05) is 20.1 Å². The Morgan fingerprint density at radius 1 is 1.41 bits per heavy atom. The summed E-state index contributed by atoms with van der Waals surface area (Å²) in [6, 6.07) is 5.04. The molecule has 1 heterocycles. The number of ether oxygens (including phenoxy) is 1. The Morgan fingerprint density at radius 3 is 2.71 bits per heavy atom. The summed E-state index contributed by atoms with van der Waals surface area (Å²) in [5.74, 6) is 0.668. The Bertz CT molecular complexity index is 433. The first-order chi connectivity index (χ1) is 8.10. The summed E-state index contributed by atoms with van der Waals surface area (Å²) in [5, 5.41) is 3.52. The number of hydrogen-bond donors (Lipinski definition) is 1. The first-order valence-electron chi connectivity index (χ1n) is 5.18. The highest BCUT2D eigenvalue weighted by Crippen LogP contribution is 2.27. The number of hydrogen-bond acceptors (Lipinski definition) is 2. The van der Waals surface area contributed by atoms with E-state index in [2.05, 4.69) is 5.32 Å². The summed E-state index contributed by atoms with van der Waals surface area (Å²) >= 11 is 11.7. The van der Waals surface area contributed by atoms with E-state index < -0.39 is 0 Å². The van der Waals surface area contributed by atoms with Crippen LogP contribution in [0.4, 0.5) is 4.79 Å². The standard InChI is InChI=1S/C11H12Cl2N2O2/c1-14-11(16)15-5-8(6-15)17-7-2-3-9(12)10(13)4-7/h2-4,8H,5-6H2,1H3,(H,14,16). The number of amides is 2. The van der Waals surface area contributed by atoms with Gasteiger partial charge in [-0.3, -0.25) is 0 Å². The van der Waals surface area contributed by atoms with Gasteiger partial charge in [0, 0.05) is 13.1 Å². The van der Waals surface area contributed by atoms with Crippen LogP contribution < -0.4 is 10.1 Å². The Hall–Kier alpha value is -1.13. The van der Waals surface area contributed by atoms with Crippen molar-refractivity contribution in [2.45, 2.75) is 6.10 Å². The van der Waals surface area contributed by atoms with E-state index in [1.54, 1.807) is 30.1 Å². The maximum atomic E-state index is 11.2. The molecule has 17 heavy (non-hydrogen) atoms. The van der Waals surface area contributed by atoms with Gasteiger partial charge >= 0.3 is 6.03 Å². The lowest BCUT2D eigenvalue weighted by atomic mass is 10.2. The normalized spacial score (nSPS) is 15.4. The van der Waals surface area contributed by atoms with E-state index in [-0.39, 0.29) is 12.1 Å². The third kappa shape index (κ3) is 2.76. The number of rotatable bonds is 2. The van der Waals surface area contributed by atoms with Gasteiger partial charge in [-0.25, -0.2) is 4.79 Å². The molecule has 6 heteroatoms. The number of likely N-dealkylation sites (tertiary alicyclic amines) is 1. The summed E-state index contributed by atoms with van der Waals surface area (Å²) in [5.41, 5.74) is 0. The molecular formula is C11H12Cl2N2O2. The second-order valence-electron chi connectivity index (χ2n) is 3.78. The summed E-state index contributed by atoms with van der Waals surface area (Å²) in [6.07, 6.45) is 0.0181. The zero-order valence-electron chi connectivity index (χ0n) is 9.24. The van der Waals surface area contributed by atoms with Crippen molar-refractivity contribution in [1.82, 2.24) is 10.2 Å². The SMILES string of the molecule is CNC(=O)N1CC(Oc2ccc(Cl)c(Cl)c2)C1. The minimum atomic E-state index is -0.0843. The molecule has 0 bridgehead atoms. The number of carbonyl (C=O) groups is 1. The molecule has 1 aliphatic rings. The number of urea groups is 1. The van der Waals surface area contributed by atoms with Crippen LogP contribution in [0.15, 0.2) is 18.2 Å². The highest BCUT2D eigenvalue weighted by Gasteiger charge is 2.31. The lowest BCUT2D eigenvalue weighted by Crippen LogP contribution is -2.58. The van der Waals surface area contributed by atoms with Gasteiger partial charge in [0.1, 0.15) is 11.9 Å². The van der Waals surface area contributed by atoms with Crippen molar-refractivity contribution in [3.8, 4) is 5.75 Å². The molecule has 1 fully saturated rings. The van der Waals surface area contributed by atoms with E-state index in [1.165, 1.54) is 0 Å². The predicted octanol–water partition coefficient (Wildman–Crippen LogP) is 2.40. The van der Waals surface area contributed by atoms with Gasteiger partial charge in [-0.2, -0.15) is 0 Å². The molecule has 1 N–H and O–H groups in total. The molecule has 92 valence electrons. The molecule has 0 radical (unpaired) electrons. The molecule has 0 unspecified atom stereocenters. The molecule has 4 nitrogen and oxygen atoms in total. The molecule has 1 aromatic rings. The topological polar surface area (TPSA) is 41.6 Å². The molecule has 1 aromatic carbocycles. The Labute approximate surface area is 109 Å². The minimum absolute atomic E-state index is 0.0181. The third-order valence-electron chi connectivity index (χ3n) is 2.54. The first-order valence-corrected chi connectivity index (χ1v) is 5.94. The van der Waals surface area contributed by atoms with Crippen LogP contribution in [0.5, 0.6) is 5.75 Å². The number of carbonyl (C=O) groups excluding carboxylic acids is 1. The molecule has 2 rings (SSSR count). The maximum absolute atomic E-state index is 11.2. The lowest BCUT2D eigenvalue weighted by Gasteiger charge is -2.38. The summed E-state index contributed by atoms with van der Waals surface area (Å²) in [6.45, 7) is 1.17. The van der Waals surface area contributed by atoms with Crippen LogP contribution in [0.25, 0.3) is 0 Å². The first kappa shape index (κ1) is 12.3. The molecule has 0 atom stereocenters. The second kappa shape index (κ2) is 5.02. The van der Waals surface area contributed by atoms with E-state index in [4.69, 9.17) is 27.9 Å². The van der Waals surface area contributed by atoms with Crippen LogP contribution in [0.3, 0.4) is 0 Å². The van der Waals surface area contributed by atoms with Gasteiger partial charge in [-0.05, 0) is 12.1 Å². The van der Waals surface area contributed by atoms with E-state index in [0.717, 1.165) is 0 Å². The van der Waals surface area contributed by atoms with Crippen LogP contribution in [-0.2, 0) is 0 Å². The van der Waals surface area contributed by atoms with Crippen molar-refractivity contribution >= 4 is 29.2 Å². The van der Waals surface area contributed by atoms with Crippen LogP contribution >= 0.6 is 23.2 Å². The fourth-order valence-corrected chi connectivity index (χ4v) is 1.87. The molecular weight excluding hydrogens is 263 g/mol. The van der Waals surface area contributed by atoms with Gasteiger partial charge in [0.2, 0.25) is 0 Å². The van der Waals surface area contributed by atoms with Crippen LogP contribution in [0, 0.1) is 0 Å². The van der Waals surface area contributed by atoms with Crippen LogP contribution in [-0.4, -0.2) is 37.2 Å². The predicted molar refractivity (Wildman–Crippen MR) is 66.9 cm³/mol. The molecule has 1 aliphatic heterocycles. The summed E-state index contributed by atoms with van der Waals surface area (Å²) in [7, 11) is 1.61. The smallest absolute Gasteiger partial charge is 0.317 e. The lowest BCUT2D eigenvalue weighted by molar-refractivity contribution is 0.0451. The highest BCUT2D eigenvalue weighted by atomic mass is 35.5. The van der Waals surface area contributed by atoms with Gasteiger partial charge in [0.15, 0.2) is 0 Å². The van der Waals surface area contributed by atoms with E-state index >= 15 is 0 Å². The molecule has 0 aromatic heterocycles. The molecule has 0 aliphatic carbocycles. The van der Waals surface area contributed by atoms with Gasteiger partial charge in [0.25, 0.3) is 0 Å². The zero-order chi connectivity index (χ0) is 12.4. The zero-order valence-corrected chi connectivity index (χ0v) is 10.8. The van der Waals surface area contributed by atoms with Crippen molar-refractivity contribution in [3.63, 3.8) is 0 Å². The van der Waals surface area contributed by atoms with E-state index in [1.807, 2.05) is 0 Å². The largest absolute Gasteiger partial charge is 0.487 e. The van der Waals surface area contributed by atoms with Crippen molar-refractivity contribution in [2.24, 2.45) is 0 Å². The van der Waals surface area contributed by atoms with Crippen LogP contribution in [0.2, 0.25) is 10.0 Å². The number of halogens is 2. The Balaban J connectivity index is 1.87. The Kier molecular flexibility index (Phi) is 3.64. The average molecular weight is 275 g/mol. The van der Waals surface area contributed by atoms with Crippen molar-refractivity contribution < 1.29 is 9.53 Å². The molecule has 2 amide bonds. The van der Waals surface area contributed by atoms with Gasteiger partial charge in [-0.1, -0.05) is 23.2 Å². The summed E-state index contributed by atoms with van der Waals surface area (Å²) < 4.78 is 5.65. The average Bonchev–Trinajstić information content (AvgIpc) is 2.26. The van der Waals surface area contributed by atoms with Crippen molar-refractivity contribution in [1.29, 1.82) is 0 Å². The molecule has 0 spiro atoms. The van der Waals surface area contributed by atoms with E-state index in [0.29, 0.717) is 28.9 Å². The molecule has 1 saturated heterocycles. The van der Waals surface area contributed by atoms with Crippen molar-refractivity contribution in [3.05, 3.63) is 28.2 Å². The summed E-state index contributed by atoms with van der Waals surface area (Å²) in [4.78, 5) is 12.9. The second-order valence-corrected chi connectivity index (χ2v) is 4.59. The Morgan fingerprint density at radius 2 is 2.12 bits per heavy atom. The quantitative estimate of drug-likeness (QED) is 0.900. The third-order valence-corrected chi connectivity index (χ3v) is 3.28. The monoisotopic (exact) mass is 274 g/mol. The fourth-order valence-electron chi connectivity index (χ4n) is 1.58. The molecule has 0 saturated carbocycles. The van der Waals surface area contributed by atoms with E-state index in [9.17, 15) is 4.79 Å².